The van der Waals surface area contributed by atoms with Gasteiger partial charge in [0.15, 0.2) is 0 Å². The topological polar surface area (TPSA) is 88.1 Å². The summed E-state index contributed by atoms with van der Waals surface area (Å²) in [5.74, 6) is -0.0152. The first-order valence-electron chi connectivity index (χ1n) is 4.90. The number of carbonyl (C=O) groups is 1. The van der Waals surface area contributed by atoms with Gasteiger partial charge in [-0.1, -0.05) is 0 Å². The van der Waals surface area contributed by atoms with E-state index < -0.39 is 5.91 Å². The lowest BCUT2D eigenvalue weighted by atomic mass is 10.2. The maximum absolute atomic E-state index is 10.9. The number of allylic oxidation sites excluding steroid dienone is 1. The fourth-order valence-corrected chi connectivity index (χ4v) is 1.28. The number of benzene rings is 1. The van der Waals surface area contributed by atoms with E-state index in [0.29, 0.717) is 5.70 Å². The van der Waals surface area contributed by atoms with Crippen LogP contribution in [0.1, 0.15) is 6.92 Å². The van der Waals surface area contributed by atoms with Crippen LogP contribution >= 0.6 is 0 Å². The summed E-state index contributed by atoms with van der Waals surface area (Å²) in [6, 6.07) is 8.85. The predicted octanol–water partition coefficient (Wildman–Crippen LogP) is 1.39. The summed E-state index contributed by atoms with van der Waals surface area (Å²) in [5.41, 5.74) is 6.15. The summed E-state index contributed by atoms with van der Waals surface area (Å²) in [5, 5.41) is 11.7. The largest absolute Gasteiger partial charge is 0.497 e. The number of primary amides is 1. The van der Waals surface area contributed by atoms with E-state index in [4.69, 9.17) is 15.7 Å². The molecule has 0 unspecified atom stereocenters. The van der Waals surface area contributed by atoms with Gasteiger partial charge in [-0.05, 0) is 31.2 Å². The Bertz CT molecular complexity index is 483. The molecule has 1 aromatic rings. The van der Waals surface area contributed by atoms with E-state index in [2.05, 4.69) is 5.32 Å². The van der Waals surface area contributed by atoms with Gasteiger partial charge in [-0.15, -0.1) is 0 Å². The van der Waals surface area contributed by atoms with Gasteiger partial charge in [0, 0.05) is 11.4 Å². The Balaban J connectivity index is 2.91. The summed E-state index contributed by atoms with van der Waals surface area (Å²) in [6.07, 6.45) is 0. The molecule has 1 aromatic carbocycles. The first-order valence-corrected chi connectivity index (χ1v) is 4.90. The van der Waals surface area contributed by atoms with Crippen LogP contribution in [-0.4, -0.2) is 13.0 Å². The molecule has 0 saturated carbocycles. The molecule has 1 amide bonds. The van der Waals surface area contributed by atoms with Crippen LogP contribution in [0.5, 0.6) is 5.75 Å². The number of ether oxygens (including phenoxy) is 1. The lowest BCUT2D eigenvalue weighted by molar-refractivity contribution is -0.114. The van der Waals surface area contributed by atoms with Crippen molar-refractivity contribution in [2.75, 3.05) is 12.4 Å². The van der Waals surface area contributed by atoms with E-state index in [1.807, 2.05) is 0 Å². The van der Waals surface area contributed by atoms with Gasteiger partial charge in [0.2, 0.25) is 0 Å². The monoisotopic (exact) mass is 231 g/mol. The maximum Gasteiger partial charge on any atom is 0.261 e. The number of nitrogens with zero attached hydrogens (tertiary/aromatic N) is 1. The highest BCUT2D eigenvalue weighted by molar-refractivity contribution is 5.97. The lowest BCUT2D eigenvalue weighted by Gasteiger charge is -2.08. The molecule has 17 heavy (non-hydrogen) atoms. The van der Waals surface area contributed by atoms with Crippen molar-refractivity contribution in [1.29, 1.82) is 5.26 Å². The molecule has 5 nitrogen and oxygen atoms in total. The molecule has 0 aliphatic carbocycles. The number of rotatable bonds is 4. The quantitative estimate of drug-likeness (QED) is 0.605. The molecule has 0 spiro atoms. The standard InChI is InChI=1S/C12H13N3O2/c1-8(11(7-13)12(14)16)15-9-3-5-10(17-2)6-4-9/h3-6,15H,1-2H3,(H2,14,16)/b11-8+. The molecule has 0 heterocycles. The number of hydrogen-bond donors (Lipinski definition) is 2. The molecule has 0 radical (unpaired) electrons. The highest BCUT2D eigenvalue weighted by Gasteiger charge is 2.08. The molecule has 5 heteroatoms. The molecule has 0 bridgehead atoms. The average molecular weight is 231 g/mol. The van der Waals surface area contributed by atoms with Gasteiger partial charge in [0.1, 0.15) is 17.4 Å². The molecule has 0 aliphatic rings. The number of nitrogens with one attached hydrogen (secondary N) is 1. The lowest BCUT2D eigenvalue weighted by Crippen LogP contribution is -2.16. The fourth-order valence-electron chi connectivity index (χ4n) is 1.28. The molecule has 0 fully saturated rings. The zero-order valence-corrected chi connectivity index (χ0v) is 9.65. The van der Waals surface area contributed by atoms with Crippen LogP contribution in [0.15, 0.2) is 35.5 Å². The SMILES string of the molecule is COc1ccc(N/C(C)=C(\C#N)C(N)=O)cc1. The Morgan fingerprint density at radius 3 is 2.41 bits per heavy atom. The molecule has 0 atom stereocenters. The normalized spacial score (nSPS) is 11.1. The number of methoxy groups -OCH3 is 1. The molecule has 88 valence electrons. The Kier molecular flexibility index (Phi) is 4.12. The predicted molar refractivity (Wildman–Crippen MR) is 64.1 cm³/mol. The second-order valence-electron chi connectivity index (χ2n) is 3.33. The summed E-state index contributed by atoms with van der Waals surface area (Å²) < 4.78 is 5.01. The molecule has 0 saturated heterocycles. The van der Waals surface area contributed by atoms with Crippen molar-refractivity contribution in [2.24, 2.45) is 5.73 Å². The van der Waals surface area contributed by atoms with Crippen LogP contribution < -0.4 is 15.8 Å². The molecule has 1 rings (SSSR count). The second kappa shape index (κ2) is 5.56. The Morgan fingerprint density at radius 2 is 2.00 bits per heavy atom. The third kappa shape index (κ3) is 3.24. The van der Waals surface area contributed by atoms with Gasteiger partial charge in [0.05, 0.1) is 7.11 Å². The number of carbonyl (C=O) groups excluding carboxylic acids is 1. The van der Waals surface area contributed by atoms with Gasteiger partial charge in [-0.2, -0.15) is 5.26 Å². The van der Waals surface area contributed by atoms with Crippen molar-refractivity contribution in [3.8, 4) is 11.8 Å². The van der Waals surface area contributed by atoms with Gasteiger partial charge in [0.25, 0.3) is 5.91 Å². The highest BCUT2D eigenvalue weighted by atomic mass is 16.5. The van der Waals surface area contributed by atoms with Gasteiger partial charge >= 0.3 is 0 Å². The van der Waals surface area contributed by atoms with E-state index in [-0.39, 0.29) is 5.57 Å². The summed E-state index contributed by atoms with van der Waals surface area (Å²) in [7, 11) is 1.58. The van der Waals surface area contributed by atoms with Crippen LogP contribution in [0.3, 0.4) is 0 Å². The summed E-state index contributed by atoms with van der Waals surface area (Å²) >= 11 is 0. The molecule has 0 aliphatic heterocycles. The minimum absolute atomic E-state index is 0.0826. The van der Waals surface area contributed by atoms with Crippen LogP contribution in [0, 0.1) is 11.3 Å². The maximum atomic E-state index is 10.9. The summed E-state index contributed by atoms with van der Waals surface area (Å²) in [6.45, 7) is 1.62. The molecular weight excluding hydrogens is 218 g/mol. The fraction of sp³-hybridized carbons (Fsp3) is 0.167. The van der Waals surface area contributed by atoms with Crippen molar-refractivity contribution in [1.82, 2.24) is 0 Å². The number of amides is 1. The first-order chi connectivity index (χ1) is 8.08. The minimum Gasteiger partial charge on any atom is -0.497 e. The highest BCUT2D eigenvalue weighted by Crippen LogP contribution is 2.17. The zero-order chi connectivity index (χ0) is 12.8. The van der Waals surface area contributed by atoms with Crippen molar-refractivity contribution in [2.45, 2.75) is 6.92 Å². The Labute approximate surface area is 99.5 Å². The van der Waals surface area contributed by atoms with Crippen LogP contribution in [-0.2, 0) is 4.79 Å². The minimum atomic E-state index is -0.744. The van der Waals surface area contributed by atoms with Crippen molar-refractivity contribution in [3.63, 3.8) is 0 Å². The molecule has 3 N–H and O–H groups in total. The zero-order valence-electron chi connectivity index (χ0n) is 9.65. The van der Waals surface area contributed by atoms with E-state index in [1.54, 1.807) is 44.4 Å². The van der Waals surface area contributed by atoms with E-state index in [1.165, 1.54) is 0 Å². The van der Waals surface area contributed by atoms with Crippen molar-refractivity contribution >= 4 is 11.6 Å². The number of nitrogens with two attached hydrogens (primary N) is 1. The van der Waals surface area contributed by atoms with E-state index in [0.717, 1.165) is 11.4 Å². The van der Waals surface area contributed by atoms with Crippen LogP contribution in [0.2, 0.25) is 0 Å². The third-order valence-corrected chi connectivity index (χ3v) is 2.16. The van der Waals surface area contributed by atoms with Crippen molar-refractivity contribution in [3.05, 3.63) is 35.5 Å². The summed E-state index contributed by atoms with van der Waals surface area (Å²) in [4.78, 5) is 10.9. The Morgan fingerprint density at radius 1 is 1.41 bits per heavy atom. The van der Waals surface area contributed by atoms with E-state index >= 15 is 0 Å². The third-order valence-electron chi connectivity index (χ3n) is 2.16. The van der Waals surface area contributed by atoms with Crippen molar-refractivity contribution < 1.29 is 9.53 Å². The number of hydrogen-bond acceptors (Lipinski definition) is 4. The molecular formula is C12H13N3O2. The first kappa shape index (κ1) is 12.6. The van der Waals surface area contributed by atoms with Gasteiger partial charge in [-0.3, -0.25) is 4.79 Å². The van der Waals surface area contributed by atoms with Crippen LogP contribution in [0.4, 0.5) is 5.69 Å². The van der Waals surface area contributed by atoms with Gasteiger partial charge in [-0.25, -0.2) is 0 Å². The molecule has 0 aromatic heterocycles. The smallest absolute Gasteiger partial charge is 0.261 e. The van der Waals surface area contributed by atoms with Crippen LogP contribution in [0.25, 0.3) is 0 Å². The van der Waals surface area contributed by atoms with E-state index in [9.17, 15) is 4.79 Å². The Hall–Kier alpha value is -2.48. The number of nitriles is 1. The average Bonchev–Trinajstić information content (AvgIpc) is 2.30. The number of anilines is 1. The van der Waals surface area contributed by atoms with Gasteiger partial charge < -0.3 is 15.8 Å². The second-order valence-corrected chi connectivity index (χ2v) is 3.33.